The number of ether oxygens (including phenoxy) is 4. The zero-order valence-corrected chi connectivity index (χ0v) is 32.4. The minimum absolute atomic E-state index is 0.114. The standard InChI is InChI=1S/C38H26Br3N5O8/c39-25-15-7-4-12-22(25)36(48)51-18-28-30(53-37(49)23-13-5-8-16-26(23)40)31(54-38(50)24-14-6-9-17-27(24)41)35(52-28)46-20-44-29-32(42-19-43-33(29)46)45-34(47)21-10-2-1-3-11-21/h1-17,19-20,28,30-31,35H,18H2,(H,42,43,45,47)/t28-,30-,31+,35-/m1/s1. The smallest absolute Gasteiger partial charge is 0.339 e. The molecule has 4 atom stereocenters. The number of esters is 3. The van der Waals surface area contributed by atoms with Crippen molar-refractivity contribution in [1.29, 1.82) is 0 Å². The van der Waals surface area contributed by atoms with Crippen molar-refractivity contribution in [1.82, 2.24) is 19.5 Å². The summed E-state index contributed by atoms with van der Waals surface area (Å²) < 4.78 is 27.3. The van der Waals surface area contributed by atoms with Crippen LogP contribution in [-0.2, 0) is 18.9 Å². The zero-order valence-electron chi connectivity index (χ0n) is 27.7. The molecule has 1 aliphatic heterocycles. The number of fused-ring (bicyclic) bond motifs is 1. The van der Waals surface area contributed by atoms with E-state index in [2.05, 4.69) is 68.1 Å². The Balaban J connectivity index is 1.27. The second-order valence-corrected chi connectivity index (χ2v) is 14.3. The number of benzene rings is 4. The van der Waals surface area contributed by atoms with Gasteiger partial charge in [0, 0.05) is 19.0 Å². The normalized spacial score (nSPS) is 17.8. The predicted molar refractivity (Wildman–Crippen MR) is 205 cm³/mol. The molecule has 3 heterocycles. The third kappa shape index (κ3) is 7.82. The monoisotopic (exact) mass is 917 g/mol. The van der Waals surface area contributed by atoms with Crippen LogP contribution in [0.15, 0.2) is 129 Å². The molecule has 1 N–H and O–H groups in total. The van der Waals surface area contributed by atoms with Gasteiger partial charge in [-0.05, 0) is 96.3 Å². The number of hydrogen-bond acceptors (Lipinski definition) is 11. The first-order chi connectivity index (χ1) is 26.2. The maximum Gasteiger partial charge on any atom is 0.339 e. The van der Waals surface area contributed by atoms with E-state index in [1.807, 2.05) is 0 Å². The first-order valence-corrected chi connectivity index (χ1v) is 18.6. The summed E-state index contributed by atoms with van der Waals surface area (Å²) >= 11 is 10.2. The molecular formula is C38H26Br3N5O8. The molecule has 272 valence electrons. The molecule has 2 aromatic heterocycles. The van der Waals surface area contributed by atoms with E-state index in [0.29, 0.717) is 19.0 Å². The molecule has 1 aliphatic rings. The van der Waals surface area contributed by atoms with Gasteiger partial charge in [-0.2, -0.15) is 0 Å². The van der Waals surface area contributed by atoms with Gasteiger partial charge < -0.3 is 24.3 Å². The maximum atomic E-state index is 13.8. The lowest BCUT2D eigenvalue weighted by molar-refractivity contribution is -0.0606. The predicted octanol–water partition coefficient (Wildman–Crippen LogP) is 7.57. The van der Waals surface area contributed by atoms with Crippen LogP contribution in [0.1, 0.15) is 47.7 Å². The van der Waals surface area contributed by atoms with E-state index in [1.165, 1.54) is 17.2 Å². The quantitative estimate of drug-likeness (QED) is 0.107. The molecule has 0 bridgehead atoms. The van der Waals surface area contributed by atoms with Gasteiger partial charge in [0.1, 0.15) is 19.0 Å². The molecule has 1 fully saturated rings. The molecule has 0 unspecified atom stereocenters. The average molecular weight is 920 g/mol. The van der Waals surface area contributed by atoms with E-state index in [1.54, 1.807) is 103 Å². The number of anilines is 1. The second-order valence-electron chi connectivity index (χ2n) is 11.7. The van der Waals surface area contributed by atoms with Crippen LogP contribution in [0.5, 0.6) is 0 Å². The molecule has 0 spiro atoms. The number of nitrogens with one attached hydrogen (secondary N) is 1. The molecule has 0 saturated carbocycles. The van der Waals surface area contributed by atoms with E-state index in [4.69, 9.17) is 18.9 Å². The van der Waals surface area contributed by atoms with Crippen molar-refractivity contribution >= 4 is 88.6 Å². The van der Waals surface area contributed by atoms with Crippen LogP contribution in [0.4, 0.5) is 5.82 Å². The molecule has 54 heavy (non-hydrogen) atoms. The summed E-state index contributed by atoms with van der Waals surface area (Å²) in [5.41, 5.74) is 1.44. The number of amides is 1. The van der Waals surface area contributed by atoms with Gasteiger partial charge in [-0.25, -0.2) is 29.3 Å². The van der Waals surface area contributed by atoms with E-state index >= 15 is 0 Å². The SMILES string of the molecule is O=C(Nc1ncnc2c1ncn2[C@@H]1O[C@H](COC(=O)c2ccccc2Br)[C@@H](OC(=O)c2ccccc2Br)[C@@H]1OC(=O)c1ccccc1Br)c1ccccc1. The van der Waals surface area contributed by atoms with Gasteiger partial charge in [-0.1, -0.05) is 54.6 Å². The molecule has 7 rings (SSSR count). The summed E-state index contributed by atoms with van der Waals surface area (Å²) in [7, 11) is 0. The number of rotatable bonds is 10. The summed E-state index contributed by atoms with van der Waals surface area (Å²) in [5, 5.41) is 2.76. The molecule has 4 aromatic carbocycles. The van der Waals surface area contributed by atoms with Crippen molar-refractivity contribution in [2.45, 2.75) is 24.5 Å². The molecule has 0 radical (unpaired) electrons. The Morgan fingerprint density at radius 3 is 1.80 bits per heavy atom. The number of hydrogen-bond donors (Lipinski definition) is 1. The zero-order chi connectivity index (χ0) is 37.8. The van der Waals surface area contributed by atoms with E-state index in [-0.39, 0.29) is 33.7 Å². The molecule has 6 aromatic rings. The number of imidazole rings is 1. The Bertz CT molecular complexity index is 2380. The Hall–Kier alpha value is -5.29. The van der Waals surface area contributed by atoms with Gasteiger partial charge in [0.05, 0.1) is 23.0 Å². The molecule has 0 aliphatic carbocycles. The van der Waals surface area contributed by atoms with Crippen LogP contribution >= 0.6 is 47.8 Å². The fourth-order valence-corrected chi connectivity index (χ4v) is 7.06. The number of halogens is 3. The topological polar surface area (TPSA) is 161 Å². The van der Waals surface area contributed by atoms with Crippen LogP contribution in [0.3, 0.4) is 0 Å². The second kappa shape index (κ2) is 16.4. The van der Waals surface area contributed by atoms with E-state index in [0.717, 1.165) is 0 Å². The Morgan fingerprint density at radius 1 is 0.667 bits per heavy atom. The lowest BCUT2D eigenvalue weighted by Crippen LogP contribution is -2.41. The Kier molecular flexibility index (Phi) is 11.2. The number of carbonyl (C=O) groups excluding carboxylic acids is 4. The van der Waals surface area contributed by atoms with Crippen molar-refractivity contribution in [3.8, 4) is 0 Å². The van der Waals surface area contributed by atoms with Gasteiger partial charge in [-0.3, -0.25) is 9.36 Å². The molecule has 13 nitrogen and oxygen atoms in total. The van der Waals surface area contributed by atoms with Crippen LogP contribution in [0.2, 0.25) is 0 Å². The third-order valence-corrected chi connectivity index (χ3v) is 10.4. The van der Waals surface area contributed by atoms with E-state index in [9.17, 15) is 19.2 Å². The summed E-state index contributed by atoms with van der Waals surface area (Å²) in [4.78, 5) is 67.0. The van der Waals surface area contributed by atoms with E-state index < -0.39 is 55.0 Å². The highest BCUT2D eigenvalue weighted by molar-refractivity contribution is 9.11. The lowest BCUT2D eigenvalue weighted by Gasteiger charge is -2.25. The van der Waals surface area contributed by atoms with Crippen LogP contribution < -0.4 is 5.32 Å². The minimum atomic E-state index is -1.35. The molecule has 1 amide bonds. The largest absolute Gasteiger partial charge is 0.459 e. The van der Waals surface area contributed by atoms with Crippen molar-refractivity contribution in [3.05, 3.63) is 151 Å². The summed E-state index contributed by atoms with van der Waals surface area (Å²) in [5.74, 6) is -2.50. The summed E-state index contributed by atoms with van der Waals surface area (Å²) in [6.45, 7) is -0.409. The number of nitrogens with zero attached hydrogens (tertiary/aromatic N) is 4. The van der Waals surface area contributed by atoms with Gasteiger partial charge >= 0.3 is 17.9 Å². The fraction of sp³-hybridized carbons (Fsp3) is 0.132. The van der Waals surface area contributed by atoms with Gasteiger partial charge in [0.2, 0.25) is 0 Å². The van der Waals surface area contributed by atoms with Crippen molar-refractivity contribution in [2.75, 3.05) is 11.9 Å². The van der Waals surface area contributed by atoms with Gasteiger partial charge in [0.25, 0.3) is 5.91 Å². The first kappa shape index (κ1) is 37.0. The molecule has 16 heteroatoms. The Labute approximate surface area is 332 Å². The van der Waals surface area contributed by atoms with Gasteiger partial charge in [0.15, 0.2) is 35.4 Å². The molecular weight excluding hydrogens is 894 g/mol. The number of aromatic nitrogens is 4. The lowest BCUT2D eigenvalue weighted by atomic mass is 10.1. The van der Waals surface area contributed by atoms with Crippen molar-refractivity contribution in [2.24, 2.45) is 0 Å². The molecule has 1 saturated heterocycles. The summed E-state index contributed by atoms with van der Waals surface area (Å²) in [6.07, 6.45) is -2.47. The number of carbonyl (C=O) groups is 4. The highest BCUT2D eigenvalue weighted by Gasteiger charge is 2.52. The highest BCUT2D eigenvalue weighted by atomic mass is 79.9. The van der Waals surface area contributed by atoms with Crippen LogP contribution in [0.25, 0.3) is 11.2 Å². The van der Waals surface area contributed by atoms with Crippen molar-refractivity contribution < 1.29 is 38.1 Å². The average Bonchev–Trinajstić information content (AvgIpc) is 3.76. The maximum absolute atomic E-state index is 13.8. The van der Waals surface area contributed by atoms with Crippen LogP contribution in [0, 0.1) is 0 Å². The first-order valence-electron chi connectivity index (χ1n) is 16.2. The third-order valence-electron chi connectivity index (χ3n) is 8.33. The summed E-state index contributed by atoms with van der Waals surface area (Å²) in [6, 6.07) is 28.6. The minimum Gasteiger partial charge on any atom is -0.459 e. The Morgan fingerprint density at radius 2 is 1.20 bits per heavy atom. The van der Waals surface area contributed by atoms with Gasteiger partial charge in [-0.15, -0.1) is 0 Å². The van der Waals surface area contributed by atoms with Crippen molar-refractivity contribution in [3.63, 3.8) is 0 Å². The van der Waals surface area contributed by atoms with Crippen LogP contribution in [-0.4, -0.2) is 68.3 Å². The highest BCUT2D eigenvalue weighted by Crippen LogP contribution is 2.38. The fourth-order valence-electron chi connectivity index (χ4n) is 5.72.